The van der Waals surface area contributed by atoms with Gasteiger partial charge in [-0.05, 0) is 42.9 Å². The molecule has 0 saturated carbocycles. The number of unbranched alkanes of at least 4 members (excludes halogenated alkanes) is 8. The molecule has 0 aliphatic carbocycles. The first-order valence-electron chi connectivity index (χ1n) is 13.6. The maximum atomic E-state index is 12.2. The van der Waals surface area contributed by atoms with Crippen molar-refractivity contribution in [3.8, 4) is 5.75 Å². The van der Waals surface area contributed by atoms with Crippen LogP contribution in [0.4, 0.5) is 5.13 Å². The van der Waals surface area contributed by atoms with E-state index < -0.39 is 0 Å². The Bertz CT molecular complexity index is 864. The summed E-state index contributed by atoms with van der Waals surface area (Å²) in [7, 11) is 1.69. The largest absolute Gasteiger partial charge is 0.497 e. The van der Waals surface area contributed by atoms with Crippen molar-refractivity contribution in [3.05, 3.63) is 35.7 Å². The fraction of sp³-hybridized carbons (Fsp3) is 0.679. The van der Waals surface area contributed by atoms with Crippen LogP contribution in [0.5, 0.6) is 5.75 Å². The van der Waals surface area contributed by atoms with E-state index in [1.807, 2.05) is 18.2 Å². The SMILES string of the molecule is CCCCCCCCCCCC(=O)NCC1CCN(c2nc(Cc3cccc(OC)c3)ns2)CC1. The van der Waals surface area contributed by atoms with Crippen LogP contribution in [0.25, 0.3) is 0 Å². The number of hydrogen-bond acceptors (Lipinski definition) is 6. The van der Waals surface area contributed by atoms with Crippen LogP contribution in [-0.2, 0) is 11.2 Å². The number of carbonyl (C=O) groups excluding carboxylic acids is 1. The number of rotatable bonds is 16. The number of hydrogen-bond donors (Lipinski definition) is 1. The summed E-state index contributed by atoms with van der Waals surface area (Å²) in [4.78, 5) is 19.3. The van der Waals surface area contributed by atoms with Crippen LogP contribution >= 0.6 is 11.5 Å². The van der Waals surface area contributed by atoms with Crippen LogP contribution in [0.1, 0.15) is 95.4 Å². The number of amides is 1. The van der Waals surface area contributed by atoms with Crippen molar-refractivity contribution < 1.29 is 9.53 Å². The van der Waals surface area contributed by atoms with Crippen LogP contribution in [0.15, 0.2) is 24.3 Å². The molecule has 1 aromatic heterocycles. The molecular weight excluding hydrogens is 456 g/mol. The predicted octanol–water partition coefficient (Wildman–Crippen LogP) is 6.39. The fourth-order valence-corrected chi connectivity index (χ4v) is 5.42. The monoisotopic (exact) mass is 500 g/mol. The molecule has 1 saturated heterocycles. The first kappa shape index (κ1) is 27.4. The maximum absolute atomic E-state index is 12.2. The highest BCUT2D eigenvalue weighted by Gasteiger charge is 2.22. The molecular formula is C28H44N4O2S. The van der Waals surface area contributed by atoms with E-state index in [-0.39, 0.29) is 5.91 Å². The van der Waals surface area contributed by atoms with E-state index in [1.165, 1.54) is 62.9 Å². The average Bonchev–Trinajstić information content (AvgIpc) is 3.35. The maximum Gasteiger partial charge on any atom is 0.220 e. The second-order valence-electron chi connectivity index (χ2n) is 9.83. The Morgan fingerprint density at radius 2 is 1.80 bits per heavy atom. The van der Waals surface area contributed by atoms with Gasteiger partial charge in [0, 0.05) is 44.0 Å². The van der Waals surface area contributed by atoms with Gasteiger partial charge in [-0.1, -0.05) is 70.4 Å². The Morgan fingerprint density at radius 3 is 2.51 bits per heavy atom. The average molecular weight is 501 g/mol. The number of carbonyl (C=O) groups is 1. The zero-order chi connectivity index (χ0) is 24.7. The molecule has 1 aliphatic heterocycles. The van der Waals surface area contributed by atoms with E-state index in [0.717, 1.165) is 67.6 Å². The van der Waals surface area contributed by atoms with Gasteiger partial charge in [0.05, 0.1) is 7.11 Å². The lowest BCUT2D eigenvalue weighted by Gasteiger charge is -2.31. The second-order valence-corrected chi connectivity index (χ2v) is 10.6. The number of anilines is 1. The van der Waals surface area contributed by atoms with Crippen molar-refractivity contribution in [3.63, 3.8) is 0 Å². The standard InChI is InChI=1S/C28H44N4O2S/c1-3-4-5-6-7-8-9-10-11-15-27(33)29-22-23-16-18-32(19-17-23)28-30-26(31-35-28)21-24-13-12-14-25(20-24)34-2/h12-14,20,23H,3-11,15-19,21-22H2,1-2H3,(H,29,33). The van der Waals surface area contributed by atoms with E-state index in [0.29, 0.717) is 12.3 Å². The summed E-state index contributed by atoms with van der Waals surface area (Å²) >= 11 is 1.49. The molecule has 0 radical (unpaired) electrons. The molecule has 1 amide bonds. The number of ether oxygens (including phenoxy) is 1. The second kappa shape index (κ2) is 15.8. The highest BCUT2D eigenvalue weighted by Crippen LogP contribution is 2.25. The number of aromatic nitrogens is 2. The van der Waals surface area contributed by atoms with Crippen molar-refractivity contribution in [2.45, 2.75) is 90.4 Å². The molecule has 1 N–H and O–H groups in total. The summed E-state index contributed by atoms with van der Waals surface area (Å²) in [5.74, 6) is 2.51. The molecule has 35 heavy (non-hydrogen) atoms. The van der Waals surface area contributed by atoms with E-state index in [4.69, 9.17) is 9.72 Å². The number of nitrogens with zero attached hydrogens (tertiary/aromatic N) is 3. The molecule has 1 aliphatic rings. The zero-order valence-corrected chi connectivity index (χ0v) is 22.6. The van der Waals surface area contributed by atoms with Crippen LogP contribution in [0.3, 0.4) is 0 Å². The van der Waals surface area contributed by atoms with Crippen molar-refractivity contribution >= 4 is 22.6 Å². The molecule has 0 atom stereocenters. The lowest BCUT2D eigenvalue weighted by Crippen LogP contribution is -2.38. The fourth-order valence-electron chi connectivity index (χ4n) is 4.68. The zero-order valence-electron chi connectivity index (χ0n) is 21.8. The molecule has 3 rings (SSSR count). The van der Waals surface area contributed by atoms with E-state index in [9.17, 15) is 4.79 Å². The number of methoxy groups -OCH3 is 1. The van der Waals surface area contributed by atoms with E-state index >= 15 is 0 Å². The van der Waals surface area contributed by atoms with Crippen molar-refractivity contribution in [1.29, 1.82) is 0 Å². The Hall–Kier alpha value is -2.15. The summed E-state index contributed by atoms with van der Waals surface area (Å²) in [5.41, 5.74) is 1.16. The lowest BCUT2D eigenvalue weighted by molar-refractivity contribution is -0.121. The minimum Gasteiger partial charge on any atom is -0.497 e. The summed E-state index contributed by atoms with van der Waals surface area (Å²) in [6, 6.07) is 8.07. The Labute approximate surface area is 216 Å². The van der Waals surface area contributed by atoms with Gasteiger partial charge in [0.1, 0.15) is 11.6 Å². The van der Waals surface area contributed by atoms with Gasteiger partial charge in [0.15, 0.2) is 0 Å². The molecule has 194 valence electrons. The molecule has 0 unspecified atom stereocenters. The summed E-state index contributed by atoms with van der Waals surface area (Å²) < 4.78 is 9.89. The van der Waals surface area contributed by atoms with E-state index in [1.54, 1.807) is 7.11 Å². The predicted molar refractivity (Wildman–Crippen MR) is 145 cm³/mol. The molecule has 2 heterocycles. The van der Waals surface area contributed by atoms with Gasteiger partial charge in [-0.25, -0.2) is 4.98 Å². The third kappa shape index (κ3) is 10.2. The van der Waals surface area contributed by atoms with Gasteiger partial charge < -0.3 is 15.0 Å². The van der Waals surface area contributed by atoms with Gasteiger partial charge >= 0.3 is 0 Å². The minimum atomic E-state index is 0.224. The number of piperidine rings is 1. The molecule has 7 heteroatoms. The van der Waals surface area contributed by atoms with Crippen molar-refractivity contribution in [2.75, 3.05) is 31.6 Å². The van der Waals surface area contributed by atoms with Crippen LogP contribution in [-0.4, -0.2) is 42.0 Å². The summed E-state index contributed by atoms with van der Waals surface area (Å²) in [5, 5.41) is 4.19. The number of nitrogens with one attached hydrogen (secondary N) is 1. The minimum absolute atomic E-state index is 0.224. The van der Waals surface area contributed by atoms with Gasteiger partial charge in [-0.15, -0.1) is 0 Å². The van der Waals surface area contributed by atoms with Crippen molar-refractivity contribution in [2.24, 2.45) is 5.92 Å². The first-order valence-corrected chi connectivity index (χ1v) is 14.4. The topological polar surface area (TPSA) is 67.4 Å². The lowest BCUT2D eigenvalue weighted by atomic mass is 9.97. The molecule has 1 aromatic carbocycles. The van der Waals surface area contributed by atoms with Crippen LogP contribution in [0.2, 0.25) is 0 Å². The van der Waals surface area contributed by atoms with Gasteiger partial charge in [-0.2, -0.15) is 4.37 Å². The third-order valence-electron chi connectivity index (χ3n) is 6.93. The molecule has 0 bridgehead atoms. The van der Waals surface area contributed by atoms with Gasteiger partial charge in [-0.3, -0.25) is 4.79 Å². The van der Waals surface area contributed by atoms with Gasteiger partial charge in [0.2, 0.25) is 11.0 Å². The Morgan fingerprint density at radius 1 is 1.09 bits per heavy atom. The molecule has 0 spiro atoms. The Kier molecular flexibility index (Phi) is 12.4. The van der Waals surface area contributed by atoms with Crippen LogP contribution in [0, 0.1) is 5.92 Å². The highest BCUT2D eigenvalue weighted by molar-refractivity contribution is 7.09. The number of benzene rings is 1. The summed E-state index contributed by atoms with van der Waals surface area (Å²) in [6.45, 7) is 5.02. The molecule has 1 fully saturated rings. The highest BCUT2D eigenvalue weighted by atomic mass is 32.1. The first-order chi connectivity index (χ1) is 17.2. The van der Waals surface area contributed by atoms with Crippen LogP contribution < -0.4 is 15.0 Å². The molecule has 6 nitrogen and oxygen atoms in total. The Balaban J connectivity index is 1.26. The quantitative estimate of drug-likeness (QED) is 0.270. The normalized spacial score (nSPS) is 14.3. The molecule has 2 aromatic rings. The van der Waals surface area contributed by atoms with Gasteiger partial charge in [0.25, 0.3) is 0 Å². The third-order valence-corrected chi connectivity index (χ3v) is 7.75. The summed E-state index contributed by atoms with van der Waals surface area (Å²) in [6.07, 6.45) is 15.1. The smallest absolute Gasteiger partial charge is 0.220 e. The van der Waals surface area contributed by atoms with E-state index in [2.05, 4.69) is 27.6 Å². The van der Waals surface area contributed by atoms with Crippen molar-refractivity contribution in [1.82, 2.24) is 14.7 Å².